The van der Waals surface area contributed by atoms with Crippen molar-refractivity contribution < 1.29 is 5.11 Å². The van der Waals surface area contributed by atoms with Gasteiger partial charge in [-0.1, -0.05) is 0 Å². The van der Waals surface area contributed by atoms with Crippen molar-refractivity contribution in [3.05, 3.63) is 11.9 Å². The van der Waals surface area contributed by atoms with Gasteiger partial charge in [0.2, 0.25) is 0 Å². The first-order chi connectivity index (χ1) is 6.15. The molecule has 1 fully saturated rings. The molecule has 0 aromatic carbocycles. The average Bonchev–Trinajstić information content (AvgIpc) is 2.50. The molecule has 0 aromatic rings. The number of aliphatic hydroxyl groups is 1. The van der Waals surface area contributed by atoms with Gasteiger partial charge < -0.3 is 16.6 Å². The number of aliphatic hydroxyl groups excluding tert-OH is 1. The van der Waals surface area contributed by atoms with Crippen LogP contribution in [0.5, 0.6) is 0 Å². The van der Waals surface area contributed by atoms with E-state index in [4.69, 9.17) is 11.5 Å². The molecule has 0 heterocycles. The minimum atomic E-state index is -0.305. The van der Waals surface area contributed by atoms with Crippen LogP contribution in [0.15, 0.2) is 16.9 Å². The zero-order chi connectivity index (χ0) is 9.84. The van der Waals surface area contributed by atoms with Crippen LogP contribution in [0, 0.1) is 0 Å². The summed E-state index contributed by atoms with van der Waals surface area (Å²) in [4.78, 5) is 4.32. The van der Waals surface area contributed by atoms with Crippen molar-refractivity contribution in [2.75, 3.05) is 0 Å². The van der Waals surface area contributed by atoms with Crippen molar-refractivity contribution in [1.29, 1.82) is 0 Å². The number of hydrogen-bond donors (Lipinski definition) is 3. The molecule has 2 atom stereocenters. The molecular weight excluding hydrogens is 166 g/mol. The van der Waals surface area contributed by atoms with Gasteiger partial charge in [0.15, 0.2) is 0 Å². The van der Waals surface area contributed by atoms with Crippen LogP contribution in [0.25, 0.3) is 0 Å². The SMILES string of the molecule is CC(=NC1CCCC1O)C(N)=CN. The van der Waals surface area contributed by atoms with Gasteiger partial charge in [0.05, 0.1) is 23.6 Å². The van der Waals surface area contributed by atoms with Crippen LogP contribution in [0.2, 0.25) is 0 Å². The first-order valence-electron chi connectivity index (χ1n) is 4.55. The molecule has 74 valence electrons. The molecule has 1 rings (SSSR count). The highest BCUT2D eigenvalue weighted by molar-refractivity contribution is 5.97. The highest BCUT2D eigenvalue weighted by atomic mass is 16.3. The monoisotopic (exact) mass is 183 g/mol. The summed E-state index contributed by atoms with van der Waals surface area (Å²) in [5, 5.41) is 9.49. The lowest BCUT2D eigenvalue weighted by atomic mass is 10.2. The van der Waals surface area contributed by atoms with Gasteiger partial charge in [0, 0.05) is 6.20 Å². The molecule has 1 aliphatic rings. The fourth-order valence-electron chi connectivity index (χ4n) is 1.52. The summed E-state index contributed by atoms with van der Waals surface area (Å²) in [6.07, 6.45) is 3.85. The van der Waals surface area contributed by atoms with Crippen LogP contribution < -0.4 is 11.5 Å². The largest absolute Gasteiger partial charge is 0.403 e. The third-order valence-electron chi connectivity index (χ3n) is 2.40. The fraction of sp³-hybridized carbons (Fsp3) is 0.667. The van der Waals surface area contributed by atoms with Gasteiger partial charge in [-0.3, -0.25) is 4.99 Å². The minimum absolute atomic E-state index is 0.0125. The van der Waals surface area contributed by atoms with Gasteiger partial charge in [0.1, 0.15) is 0 Å². The molecule has 4 nitrogen and oxygen atoms in total. The predicted molar refractivity (Wildman–Crippen MR) is 53.2 cm³/mol. The van der Waals surface area contributed by atoms with E-state index in [0.29, 0.717) is 11.4 Å². The van der Waals surface area contributed by atoms with Gasteiger partial charge in [0.25, 0.3) is 0 Å². The van der Waals surface area contributed by atoms with Crippen molar-refractivity contribution in [2.24, 2.45) is 16.5 Å². The topological polar surface area (TPSA) is 84.6 Å². The van der Waals surface area contributed by atoms with E-state index in [0.717, 1.165) is 19.3 Å². The number of aliphatic imine (C=N–C) groups is 1. The molecule has 13 heavy (non-hydrogen) atoms. The Labute approximate surface area is 78.3 Å². The van der Waals surface area contributed by atoms with Crippen LogP contribution in [-0.2, 0) is 0 Å². The Bertz CT molecular complexity index is 235. The number of hydrogen-bond acceptors (Lipinski definition) is 4. The molecule has 0 amide bonds. The molecule has 5 N–H and O–H groups in total. The van der Waals surface area contributed by atoms with E-state index >= 15 is 0 Å². The van der Waals surface area contributed by atoms with Gasteiger partial charge in [-0.15, -0.1) is 0 Å². The molecule has 0 bridgehead atoms. The van der Waals surface area contributed by atoms with Crippen LogP contribution in [0.4, 0.5) is 0 Å². The summed E-state index contributed by atoms with van der Waals surface area (Å²) in [6, 6.07) is 0.0125. The second-order valence-corrected chi connectivity index (χ2v) is 3.40. The van der Waals surface area contributed by atoms with Crippen LogP contribution in [-0.4, -0.2) is 23.0 Å². The Morgan fingerprint density at radius 1 is 1.54 bits per heavy atom. The third kappa shape index (κ3) is 2.45. The van der Waals surface area contributed by atoms with Crippen molar-refractivity contribution >= 4 is 5.71 Å². The van der Waals surface area contributed by atoms with Crippen LogP contribution >= 0.6 is 0 Å². The number of rotatable bonds is 2. The van der Waals surface area contributed by atoms with Crippen molar-refractivity contribution in [2.45, 2.75) is 38.3 Å². The summed E-state index contributed by atoms with van der Waals surface area (Å²) in [7, 11) is 0. The first-order valence-corrected chi connectivity index (χ1v) is 4.55. The lowest BCUT2D eigenvalue weighted by molar-refractivity contribution is 0.166. The Morgan fingerprint density at radius 2 is 2.23 bits per heavy atom. The summed E-state index contributed by atoms with van der Waals surface area (Å²) in [5.74, 6) is 0. The number of nitrogens with two attached hydrogens (primary N) is 2. The minimum Gasteiger partial charge on any atom is -0.403 e. The molecule has 0 aromatic heterocycles. The van der Waals surface area contributed by atoms with Gasteiger partial charge in [-0.2, -0.15) is 0 Å². The van der Waals surface area contributed by atoms with Crippen LogP contribution in [0.1, 0.15) is 26.2 Å². The van der Waals surface area contributed by atoms with Gasteiger partial charge in [-0.25, -0.2) is 0 Å². The molecule has 2 unspecified atom stereocenters. The van der Waals surface area contributed by atoms with E-state index < -0.39 is 0 Å². The van der Waals surface area contributed by atoms with E-state index in [-0.39, 0.29) is 12.1 Å². The highest BCUT2D eigenvalue weighted by Gasteiger charge is 2.24. The Kier molecular flexibility index (Phi) is 3.31. The maximum atomic E-state index is 9.49. The van der Waals surface area contributed by atoms with E-state index in [9.17, 15) is 5.11 Å². The molecule has 0 spiro atoms. The molecule has 1 aliphatic carbocycles. The first kappa shape index (κ1) is 10.1. The molecule has 0 radical (unpaired) electrons. The van der Waals surface area contributed by atoms with Crippen molar-refractivity contribution in [3.63, 3.8) is 0 Å². The van der Waals surface area contributed by atoms with Gasteiger partial charge in [-0.05, 0) is 26.2 Å². The summed E-state index contributed by atoms with van der Waals surface area (Å²) in [6.45, 7) is 1.81. The smallest absolute Gasteiger partial charge is 0.0763 e. The molecule has 0 saturated heterocycles. The zero-order valence-corrected chi connectivity index (χ0v) is 7.90. The highest BCUT2D eigenvalue weighted by Crippen LogP contribution is 2.22. The molecular formula is C9H17N3O. The fourth-order valence-corrected chi connectivity index (χ4v) is 1.52. The average molecular weight is 183 g/mol. The lowest BCUT2D eigenvalue weighted by Gasteiger charge is -2.10. The predicted octanol–water partition coefficient (Wildman–Crippen LogP) is 0.120. The standard InChI is InChI=1S/C9H17N3O/c1-6(7(11)5-10)12-8-3-2-4-9(8)13/h5,8-9,13H,2-4,10-11H2,1H3. The van der Waals surface area contributed by atoms with Crippen molar-refractivity contribution in [3.8, 4) is 0 Å². The second-order valence-electron chi connectivity index (χ2n) is 3.40. The Hall–Kier alpha value is -1.03. The van der Waals surface area contributed by atoms with Crippen LogP contribution in [0.3, 0.4) is 0 Å². The van der Waals surface area contributed by atoms with E-state index in [1.54, 1.807) is 0 Å². The summed E-state index contributed by atoms with van der Waals surface area (Å²) < 4.78 is 0. The van der Waals surface area contributed by atoms with E-state index in [1.807, 2.05) is 6.92 Å². The normalized spacial score (nSPS) is 30.9. The molecule has 4 heteroatoms. The summed E-state index contributed by atoms with van der Waals surface area (Å²) in [5.41, 5.74) is 12.0. The maximum Gasteiger partial charge on any atom is 0.0763 e. The second kappa shape index (κ2) is 4.28. The lowest BCUT2D eigenvalue weighted by Crippen LogP contribution is -2.20. The van der Waals surface area contributed by atoms with Crippen molar-refractivity contribution in [1.82, 2.24) is 0 Å². The third-order valence-corrected chi connectivity index (χ3v) is 2.40. The number of allylic oxidation sites excluding steroid dienone is 1. The number of nitrogens with zero attached hydrogens (tertiary/aromatic N) is 1. The van der Waals surface area contributed by atoms with E-state index in [2.05, 4.69) is 4.99 Å². The quantitative estimate of drug-likeness (QED) is 0.531. The zero-order valence-electron chi connectivity index (χ0n) is 7.90. The summed E-state index contributed by atoms with van der Waals surface area (Å²) >= 11 is 0. The Balaban J connectivity index is 2.64. The molecule has 0 aliphatic heterocycles. The maximum absolute atomic E-state index is 9.49. The molecule has 1 saturated carbocycles. The van der Waals surface area contributed by atoms with Gasteiger partial charge >= 0.3 is 0 Å². The van der Waals surface area contributed by atoms with E-state index in [1.165, 1.54) is 6.20 Å². The Morgan fingerprint density at radius 3 is 2.69 bits per heavy atom.